The van der Waals surface area contributed by atoms with Crippen molar-refractivity contribution in [3.8, 4) is 5.75 Å². The van der Waals surface area contributed by atoms with Crippen molar-refractivity contribution in [2.24, 2.45) is 0 Å². The van der Waals surface area contributed by atoms with Crippen LogP contribution in [-0.4, -0.2) is 7.11 Å². The summed E-state index contributed by atoms with van der Waals surface area (Å²) in [7, 11) is 1.63. The molecule has 0 saturated heterocycles. The van der Waals surface area contributed by atoms with E-state index < -0.39 is 0 Å². The molecule has 0 amide bonds. The van der Waals surface area contributed by atoms with Gasteiger partial charge in [-0.1, -0.05) is 22.0 Å². The highest BCUT2D eigenvalue weighted by molar-refractivity contribution is 9.10. The second-order valence-corrected chi connectivity index (χ2v) is 5.18. The van der Waals surface area contributed by atoms with E-state index in [1.807, 2.05) is 25.1 Å². The topological polar surface area (TPSA) is 21.3 Å². The Hall–Kier alpha value is -1.55. The zero-order chi connectivity index (χ0) is 13.8. The molecule has 0 fully saturated rings. The fourth-order valence-corrected chi connectivity index (χ4v) is 2.20. The van der Waals surface area contributed by atoms with Crippen LogP contribution in [0.2, 0.25) is 0 Å². The zero-order valence-electron chi connectivity index (χ0n) is 10.8. The van der Waals surface area contributed by atoms with Crippen LogP contribution in [0.3, 0.4) is 0 Å². The molecule has 0 bridgehead atoms. The van der Waals surface area contributed by atoms with Gasteiger partial charge in [-0.15, -0.1) is 0 Å². The third-order valence-corrected chi connectivity index (χ3v) is 3.44. The van der Waals surface area contributed by atoms with Gasteiger partial charge < -0.3 is 10.1 Å². The Kier molecular flexibility index (Phi) is 4.43. The Bertz CT molecular complexity index is 586. The summed E-state index contributed by atoms with van der Waals surface area (Å²) < 4.78 is 19.5. The number of ether oxygens (including phenoxy) is 1. The molecule has 0 aliphatic heterocycles. The van der Waals surface area contributed by atoms with Crippen molar-refractivity contribution < 1.29 is 9.13 Å². The molecule has 100 valence electrons. The first-order valence-corrected chi connectivity index (χ1v) is 6.72. The van der Waals surface area contributed by atoms with Gasteiger partial charge in [0.05, 0.1) is 12.8 Å². The normalized spacial score (nSPS) is 10.3. The SMILES string of the molecule is COc1ccc(Br)cc1NCc1cc(F)ccc1C. The van der Waals surface area contributed by atoms with Crippen LogP contribution in [0, 0.1) is 12.7 Å². The Balaban J connectivity index is 2.18. The van der Waals surface area contributed by atoms with Gasteiger partial charge in [-0.2, -0.15) is 0 Å². The van der Waals surface area contributed by atoms with Crippen molar-refractivity contribution in [1.29, 1.82) is 0 Å². The zero-order valence-corrected chi connectivity index (χ0v) is 12.4. The molecule has 0 aromatic heterocycles. The van der Waals surface area contributed by atoms with Gasteiger partial charge in [0.15, 0.2) is 0 Å². The van der Waals surface area contributed by atoms with Crippen molar-refractivity contribution in [2.75, 3.05) is 12.4 Å². The van der Waals surface area contributed by atoms with Crippen molar-refractivity contribution in [3.05, 3.63) is 57.8 Å². The van der Waals surface area contributed by atoms with Crippen LogP contribution in [0.4, 0.5) is 10.1 Å². The molecule has 0 aliphatic carbocycles. The van der Waals surface area contributed by atoms with E-state index in [4.69, 9.17) is 4.74 Å². The minimum Gasteiger partial charge on any atom is -0.495 e. The van der Waals surface area contributed by atoms with Gasteiger partial charge in [-0.25, -0.2) is 4.39 Å². The lowest BCUT2D eigenvalue weighted by molar-refractivity contribution is 0.416. The fraction of sp³-hybridized carbons (Fsp3) is 0.200. The summed E-state index contributed by atoms with van der Waals surface area (Å²) in [5.41, 5.74) is 2.87. The van der Waals surface area contributed by atoms with E-state index in [1.54, 1.807) is 19.2 Å². The first kappa shape index (κ1) is 13.9. The second kappa shape index (κ2) is 6.06. The summed E-state index contributed by atoms with van der Waals surface area (Å²) in [6, 6.07) is 10.5. The summed E-state index contributed by atoms with van der Waals surface area (Å²) in [6.45, 7) is 2.52. The molecule has 0 heterocycles. The number of benzene rings is 2. The van der Waals surface area contributed by atoms with E-state index in [2.05, 4.69) is 21.2 Å². The van der Waals surface area contributed by atoms with E-state index in [9.17, 15) is 4.39 Å². The van der Waals surface area contributed by atoms with Crippen LogP contribution in [0.1, 0.15) is 11.1 Å². The lowest BCUT2D eigenvalue weighted by Crippen LogP contribution is -2.03. The maximum absolute atomic E-state index is 13.2. The third-order valence-electron chi connectivity index (χ3n) is 2.94. The maximum Gasteiger partial charge on any atom is 0.142 e. The molecule has 19 heavy (non-hydrogen) atoms. The van der Waals surface area contributed by atoms with Crippen LogP contribution >= 0.6 is 15.9 Å². The Morgan fingerprint density at radius 3 is 2.74 bits per heavy atom. The molecule has 2 aromatic carbocycles. The van der Waals surface area contributed by atoms with Gasteiger partial charge in [0, 0.05) is 11.0 Å². The predicted molar refractivity (Wildman–Crippen MR) is 79.2 cm³/mol. The first-order valence-electron chi connectivity index (χ1n) is 5.92. The summed E-state index contributed by atoms with van der Waals surface area (Å²) >= 11 is 3.42. The number of hydrogen-bond acceptors (Lipinski definition) is 2. The fourth-order valence-electron chi connectivity index (χ4n) is 1.84. The molecular formula is C15H15BrFNO. The minimum atomic E-state index is -0.219. The number of hydrogen-bond donors (Lipinski definition) is 1. The van der Waals surface area contributed by atoms with E-state index in [-0.39, 0.29) is 5.82 Å². The van der Waals surface area contributed by atoms with Crippen molar-refractivity contribution in [1.82, 2.24) is 0 Å². The molecule has 0 spiro atoms. The molecule has 0 atom stereocenters. The molecule has 1 N–H and O–H groups in total. The van der Waals surface area contributed by atoms with E-state index in [0.29, 0.717) is 6.54 Å². The Morgan fingerprint density at radius 2 is 2.00 bits per heavy atom. The highest BCUT2D eigenvalue weighted by Gasteiger charge is 2.05. The molecule has 4 heteroatoms. The number of nitrogens with one attached hydrogen (secondary N) is 1. The van der Waals surface area contributed by atoms with Gasteiger partial charge in [-0.05, 0) is 48.4 Å². The average Bonchev–Trinajstić information content (AvgIpc) is 2.40. The standard InChI is InChI=1S/C15H15BrFNO/c1-10-3-5-13(17)7-11(10)9-18-14-8-12(16)4-6-15(14)19-2/h3-8,18H,9H2,1-2H3. The van der Waals surface area contributed by atoms with Gasteiger partial charge in [0.25, 0.3) is 0 Å². The summed E-state index contributed by atoms with van der Waals surface area (Å²) in [4.78, 5) is 0. The predicted octanol–water partition coefficient (Wildman–Crippen LogP) is 4.52. The quantitative estimate of drug-likeness (QED) is 0.893. The molecule has 0 saturated carbocycles. The van der Waals surface area contributed by atoms with Gasteiger partial charge in [0.2, 0.25) is 0 Å². The minimum absolute atomic E-state index is 0.219. The summed E-state index contributed by atoms with van der Waals surface area (Å²) in [6.07, 6.45) is 0. The number of methoxy groups -OCH3 is 1. The highest BCUT2D eigenvalue weighted by atomic mass is 79.9. The molecular weight excluding hydrogens is 309 g/mol. The van der Waals surface area contributed by atoms with E-state index in [0.717, 1.165) is 27.0 Å². The number of anilines is 1. The van der Waals surface area contributed by atoms with Crippen LogP contribution in [0.25, 0.3) is 0 Å². The van der Waals surface area contributed by atoms with Crippen LogP contribution in [0.5, 0.6) is 5.75 Å². The van der Waals surface area contributed by atoms with Crippen molar-refractivity contribution in [3.63, 3.8) is 0 Å². The number of aryl methyl sites for hydroxylation is 1. The Labute approximate surface area is 120 Å². The monoisotopic (exact) mass is 323 g/mol. The summed E-state index contributed by atoms with van der Waals surface area (Å²) in [5, 5.41) is 3.27. The Morgan fingerprint density at radius 1 is 1.21 bits per heavy atom. The third kappa shape index (κ3) is 3.47. The van der Waals surface area contributed by atoms with Crippen LogP contribution in [-0.2, 0) is 6.54 Å². The largest absolute Gasteiger partial charge is 0.495 e. The maximum atomic E-state index is 13.2. The molecule has 2 aromatic rings. The first-order chi connectivity index (χ1) is 9.10. The molecule has 2 nitrogen and oxygen atoms in total. The molecule has 0 unspecified atom stereocenters. The van der Waals surface area contributed by atoms with Gasteiger partial charge in [0.1, 0.15) is 11.6 Å². The molecule has 0 radical (unpaired) electrons. The second-order valence-electron chi connectivity index (χ2n) is 4.27. The van der Waals surface area contributed by atoms with Gasteiger partial charge >= 0.3 is 0 Å². The number of rotatable bonds is 4. The molecule has 0 aliphatic rings. The molecule has 2 rings (SSSR count). The lowest BCUT2D eigenvalue weighted by Gasteiger charge is -2.13. The van der Waals surface area contributed by atoms with Crippen molar-refractivity contribution >= 4 is 21.6 Å². The van der Waals surface area contributed by atoms with Crippen molar-refractivity contribution in [2.45, 2.75) is 13.5 Å². The highest BCUT2D eigenvalue weighted by Crippen LogP contribution is 2.28. The number of halogens is 2. The lowest BCUT2D eigenvalue weighted by atomic mass is 10.1. The van der Waals surface area contributed by atoms with E-state index >= 15 is 0 Å². The summed E-state index contributed by atoms with van der Waals surface area (Å²) in [5.74, 6) is 0.542. The average molecular weight is 324 g/mol. The van der Waals surface area contributed by atoms with Gasteiger partial charge in [-0.3, -0.25) is 0 Å². The van der Waals surface area contributed by atoms with Crippen LogP contribution in [0.15, 0.2) is 40.9 Å². The van der Waals surface area contributed by atoms with E-state index in [1.165, 1.54) is 6.07 Å². The van der Waals surface area contributed by atoms with Crippen LogP contribution < -0.4 is 10.1 Å². The smallest absolute Gasteiger partial charge is 0.142 e.